The van der Waals surface area contributed by atoms with Crippen LogP contribution in [0.5, 0.6) is 0 Å². The molecule has 4 heteroatoms. The van der Waals surface area contributed by atoms with E-state index in [2.05, 4.69) is 43.0 Å². The van der Waals surface area contributed by atoms with Gasteiger partial charge in [-0.3, -0.25) is 0 Å². The number of nitrogens with one attached hydrogen (secondary N) is 1. The number of rotatable bonds is 8. The summed E-state index contributed by atoms with van der Waals surface area (Å²) in [5.41, 5.74) is 3.65. The van der Waals surface area contributed by atoms with Crippen LogP contribution < -0.4 is 5.32 Å². The Morgan fingerprint density at radius 3 is 2.33 bits per heavy atom. The molecular formula is C14H25N3S. The Hall–Kier alpha value is -0.610. The Morgan fingerprint density at radius 2 is 1.78 bits per heavy atom. The largest absolute Gasteiger partial charge is 0.317 e. The fourth-order valence-electron chi connectivity index (χ4n) is 2.00. The molecule has 0 amide bonds. The summed E-state index contributed by atoms with van der Waals surface area (Å²) in [6.45, 7) is 10.6. The Balaban J connectivity index is 2.62. The molecule has 1 heterocycles. The van der Waals surface area contributed by atoms with Crippen molar-refractivity contribution >= 4 is 11.8 Å². The third-order valence-electron chi connectivity index (χ3n) is 2.93. The maximum Gasteiger partial charge on any atom is 0.138 e. The van der Waals surface area contributed by atoms with Crippen molar-refractivity contribution < 1.29 is 0 Å². The molecule has 18 heavy (non-hydrogen) atoms. The van der Waals surface area contributed by atoms with Crippen molar-refractivity contribution in [3.05, 3.63) is 22.8 Å². The topological polar surface area (TPSA) is 37.8 Å². The number of hydrogen-bond acceptors (Lipinski definition) is 4. The number of thioether (sulfide) groups is 1. The molecule has 1 N–H and O–H groups in total. The number of aromatic nitrogens is 2. The summed E-state index contributed by atoms with van der Waals surface area (Å²) in [6, 6.07) is 0. The SMILES string of the molecule is CCNCCCc1c(C)nc(CSCC)nc1C. The van der Waals surface area contributed by atoms with Gasteiger partial charge in [0.15, 0.2) is 0 Å². The third-order valence-corrected chi connectivity index (χ3v) is 3.80. The maximum atomic E-state index is 4.62. The summed E-state index contributed by atoms with van der Waals surface area (Å²) in [7, 11) is 0. The lowest BCUT2D eigenvalue weighted by molar-refractivity contribution is 0.666. The molecule has 0 aliphatic rings. The summed E-state index contributed by atoms with van der Waals surface area (Å²) in [5, 5.41) is 3.35. The van der Waals surface area contributed by atoms with Gasteiger partial charge in [-0.15, -0.1) is 0 Å². The van der Waals surface area contributed by atoms with E-state index < -0.39 is 0 Å². The van der Waals surface area contributed by atoms with Gasteiger partial charge in [0.1, 0.15) is 5.82 Å². The summed E-state index contributed by atoms with van der Waals surface area (Å²) in [5.74, 6) is 3.02. The van der Waals surface area contributed by atoms with Gasteiger partial charge >= 0.3 is 0 Å². The van der Waals surface area contributed by atoms with E-state index in [1.807, 2.05) is 11.8 Å². The highest BCUT2D eigenvalue weighted by atomic mass is 32.2. The van der Waals surface area contributed by atoms with Crippen LogP contribution in [0.15, 0.2) is 0 Å². The summed E-state index contributed by atoms with van der Waals surface area (Å²) < 4.78 is 0. The average molecular weight is 267 g/mol. The second-order valence-corrected chi connectivity index (χ2v) is 5.66. The molecule has 0 aromatic carbocycles. The fraction of sp³-hybridized carbons (Fsp3) is 0.714. The lowest BCUT2D eigenvalue weighted by atomic mass is 10.1. The van der Waals surface area contributed by atoms with E-state index in [1.54, 1.807) is 0 Å². The molecule has 0 saturated carbocycles. The van der Waals surface area contributed by atoms with Crippen LogP contribution in [-0.4, -0.2) is 28.8 Å². The van der Waals surface area contributed by atoms with Crippen molar-refractivity contribution in [1.82, 2.24) is 15.3 Å². The van der Waals surface area contributed by atoms with E-state index >= 15 is 0 Å². The van der Waals surface area contributed by atoms with Crippen LogP contribution in [0.2, 0.25) is 0 Å². The molecule has 0 spiro atoms. The van der Waals surface area contributed by atoms with Crippen LogP contribution in [0, 0.1) is 13.8 Å². The van der Waals surface area contributed by atoms with Crippen molar-refractivity contribution in [2.45, 2.75) is 46.3 Å². The van der Waals surface area contributed by atoms with E-state index in [1.165, 1.54) is 5.56 Å². The zero-order chi connectivity index (χ0) is 13.4. The van der Waals surface area contributed by atoms with Crippen molar-refractivity contribution in [3.8, 4) is 0 Å². The Labute approximate surface area is 115 Å². The molecule has 102 valence electrons. The molecule has 1 aromatic rings. The monoisotopic (exact) mass is 267 g/mol. The molecule has 1 aromatic heterocycles. The Kier molecular flexibility index (Phi) is 7.28. The predicted molar refractivity (Wildman–Crippen MR) is 80.2 cm³/mol. The smallest absolute Gasteiger partial charge is 0.138 e. The molecular weight excluding hydrogens is 242 g/mol. The lowest BCUT2D eigenvalue weighted by Gasteiger charge is -2.10. The van der Waals surface area contributed by atoms with Crippen LogP contribution in [0.1, 0.15) is 43.0 Å². The Morgan fingerprint density at radius 1 is 1.11 bits per heavy atom. The quantitative estimate of drug-likeness (QED) is 0.735. The molecule has 0 fully saturated rings. The number of hydrogen-bond donors (Lipinski definition) is 1. The molecule has 0 unspecified atom stereocenters. The van der Waals surface area contributed by atoms with Gasteiger partial charge in [0.25, 0.3) is 0 Å². The van der Waals surface area contributed by atoms with Crippen LogP contribution in [-0.2, 0) is 12.2 Å². The zero-order valence-corrected chi connectivity index (χ0v) is 12.9. The highest BCUT2D eigenvalue weighted by molar-refractivity contribution is 7.98. The van der Waals surface area contributed by atoms with Crippen molar-refractivity contribution in [1.29, 1.82) is 0 Å². The molecule has 0 saturated heterocycles. The molecule has 0 radical (unpaired) electrons. The number of nitrogens with zero attached hydrogens (tertiary/aromatic N) is 2. The van der Waals surface area contributed by atoms with Crippen LogP contribution in [0.25, 0.3) is 0 Å². The van der Waals surface area contributed by atoms with Crippen LogP contribution in [0.4, 0.5) is 0 Å². The highest BCUT2D eigenvalue weighted by Gasteiger charge is 2.08. The van der Waals surface area contributed by atoms with Gasteiger partial charge in [0.2, 0.25) is 0 Å². The van der Waals surface area contributed by atoms with Crippen molar-refractivity contribution in [2.75, 3.05) is 18.8 Å². The first-order valence-electron chi connectivity index (χ1n) is 6.80. The van der Waals surface area contributed by atoms with Crippen LogP contribution >= 0.6 is 11.8 Å². The van der Waals surface area contributed by atoms with Gasteiger partial charge in [0, 0.05) is 11.4 Å². The summed E-state index contributed by atoms with van der Waals surface area (Å²) in [6.07, 6.45) is 2.23. The van der Waals surface area contributed by atoms with E-state index in [0.717, 1.165) is 54.6 Å². The predicted octanol–water partition coefficient (Wildman–Crippen LogP) is 2.89. The molecule has 1 rings (SSSR count). The summed E-state index contributed by atoms with van der Waals surface area (Å²) >= 11 is 1.87. The second kappa shape index (κ2) is 8.48. The van der Waals surface area contributed by atoms with Crippen LogP contribution in [0.3, 0.4) is 0 Å². The second-order valence-electron chi connectivity index (χ2n) is 4.38. The first-order chi connectivity index (χ1) is 8.69. The standard InChI is InChI=1S/C14H25N3S/c1-5-15-9-7-8-13-11(3)16-14(10-18-6-2)17-12(13)4/h15H,5-10H2,1-4H3. The number of aryl methyl sites for hydroxylation is 2. The van der Waals surface area contributed by atoms with E-state index in [4.69, 9.17) is 0 Å². The maximum absolute atomic E-state index is 4.62. The van der Waals surface area contributed by atoms with Gasteiger partial charge in [0.05, 0.1) is 5.75 Å². The first kappa shape index (κ1) is 15.4. The Bertz CT molecular complexity index is 343. The van der Waals surface area contributed by atoms with Gasteiger partial charge in [-0.1, -0.05) is 13.8 Å². The van der Waals surface area contributed by atoms with Gasteiger partial charge in [-0.05, 0) is 51.1 Å². The van der Waals surface area contributed by atoms with Gasteiger partial charge < -0.3 is 5.32 Å². The fourth-order valence-corrected chi connectivity index (χ4v) is 2.51. The van der Waals surface area contributed by atoms with E-state index in [-0.39, 0.29) is 0 Å². The first-order valence-corrected chi connectivity index (χ1v) is 7.95. The van der Waals surface area contributed by atoms with Crippen molar-refractivity contribution in [3.63, 3.8) is 0 Å². The molecule has 3 nitrogen and oxygen atoms in total. The lowest BCUT2D eigenvalue weighted by Crippen LogP contribution is -2.15. The summed E-state index contributed by atoms with van der Waals surface area (Å²) in [4.78, 5) is 9.24. The third kappa shape index (κ3) is 4.94. The van der Waals surface area contributed by atoms with Gasteiger partial charge in [-0.2, -0.15) is 11.8 Å². The van der Waals surface area contributed by atoms with Crippen molar-refractivity contribution in [2.24, 2.45) is 0 Å². The highest BCUT2D eigenvalue weighted by Crippen LogP contribution is 2.15. The van der Waals surface area contributed by atoms with Gasteiger partial charge in [-0.25, -0.2) is 9.97 Å². The zero-order valence-electron chi connectivity index (χ0n) is 12.0. The minimum Gasteiger partial charge on any atom is -0.317 e. The minimum atomic E-state index is 0.926. The van der Waals surface area contributed by atoms with E-state index in [0.29, 0.717) is 0 Å². The normalized spacial score (nSPS) is 10.9. The molecule has 0 atom stereocenters. The molecule has 0 bridgehead atoms. The minimum absolute atomic E-state index is 0.926. The average Bonchev–Trinajstić information content (AvgIpc) is 2.34. The molecule has 0 aliphatic heterocycles. The van der Waals surface area contributed by atoms with E-state index in [9.17, 15) is 0 Å². The molecule has 0 aliphatic carbocycles.